The van der Waals surface area contributed by atoms with Crippen molar-refractivity contribution in [1.29, 1.82) is 0 Å². The van der Waals surface area contributed by atoms with Crippen LogP contribution in [0.25, 0.3) is 0 Å². The van der Waals surface area contributed by atoms with Gasteiger partial charge in [0.1, 0.15) is 5.75 Å². The SMILES string of the molecule is O=C(CSc1nnc(COc2ccccc2Cl)o1)Nc1ccc(Cl)c(Br)c1. The Bertz CT molecular complexity index is 955. The zero-order valence-electron chi connectivity index (χ0n) is 13.6. The molecule has 1 amide bonds. The lowest BCUT2D eigenvalue weighted by molar-refractivity contribution is -0.113. The molecule has 0 saturated heterocycles. The van der Waals surface area contributed by atoms with Crippen molar-refractivity contribution in [3.05, 3.63) is 62.9 Å². The number of carbonyl (C=O) groups excluding carboxylic acids is 1. The van der Waals surface area contributed by atoms with E-state index in [4.69, 9.17) is 32.4 Å². The van der Waals surface area contributed by atoms with Crippen LogP contribution in [0.3, 0.4) is 0 Å². The lowest BCUT2D eigenvalue weighted by atomic mass is 10.3. The van der Waals surface area contributed by atoms with Crippen LogP contribution in [-0.4, -0.2) is 21.9 Å². The summed E-state index contributed by atoms with van der Waals surface area (Å²) in [6.07, 6.45) is 0. The summed E-state index contributed by atoms with van der Waals surface area (Å²) in [5.74, 6) is 0.730. The van der Waals surface area contributed by atoms with Gasteiger partial charge in [0.05, 0.1) is 15.8 Å². The summed E-state index contributed by atoms with van der Waals surface area (Å²) in [5, 5.41) is 11.9. The number of nitrogens with one attached hydrogen (secondary N) is 1. The van der Waals surface area contributed by atoms with Gasteiger partial charge >= 0.3 is 0 Å². The van der Waals surface area contributed by atoms with Gasteiger partial charge in [-0.2, -0.15) is 0 Å². The predicted molar refractivity (Wildman–Crippen MR) is 109 cm³/mol. The third-order valence-electron chi connectivity index (χ3n) is 3.17. The molecule has 0 aliphatic heterocycles. The van der Waals surface area contributed by atoms with E-state index in [0.29, 0.717) is 31.8 Å². The monoisotopic (exact) mass is 487 g/mol. The first-order valence-corrected chi connectivity index (χ1v) is 10.1. The predicted octanol–water partition coefficient (Wildman–Crippen LogP) is 5.45. The summed E-state index contributed by atoms with van der Waals surface area (Å²) < 4.78 is 11.7. The molecule has 0 bridgehead atoms. The molecule has 27 heavy (non-hydrogen) atoms. The van der Waals surface area contributed by atoms with E-state index >= 15 is 0 Å². The number of aromatic nitrogens is 2. The maximum atomic E-state index is 12.0. The van der Waals surface area contributed by atoms with Crippen LogP contribution in [0.4, 0.5) is 5.69 Å². The zero-order valence-corrected chi connectivity index (χ0v) is 17.5. The Labute approximate surface area is 177 Å². The first kappa shape index (κ1) is 20.0. The van der Waals surface area contributed by atoms with Gasteiger partial charge in [-0.1, -0.05) is 47.1 Å². The summed E-state index contributed by atoms with van der Waals surface area (Å²) >= 11 is 16.4. The topological polar surface area (TPSA) is 77.2 Å². The quantitative estimate of drug-likeness (QED) is 0.445. The van der Waals surface area contributed by atoms with Crippen molar-refractivity contribution in [2.24, 2.45) is 0 Å². The van der Waals surface area contributed by atoms with E-state index in [2.05, 4.69) is 31.4 Å². The van der Waals surface area contributed by atoms with E-state index in [1.54, 1.807) is 30.3 Å². The minimum atomic E-state index is -0.207. The van der Waals surface area contributed by atoms with E-state index in [-0.39, 0.29) is 23.5 Å². The summed E-state index contributed by atoms with van der Waals surface area (Å²) in [6, 6.07) is 12.2. The smallest absolute Gasteiger partial charge is 0.277 e. The summed E-state index contributed by atoms with van der Waals surface area (Å²) in [5.41, 5.74) is 0.635. The number of halogens is 3. The van der Waals surface area contributed by atoms with Crippen LogP contribution < -0.4 is 10.1 Å². The fraction of sp³-hybridized carbons (Fsp3) is 0.118. The number of carbonyl (C=O) groups is 1. The molecule has 0 fully saturated rings. The van der Waals surface area contributed by atoms with Crippen molar-refractivity contribution in [2.45, 2.75) is 11.8 Å². The van der Waals surface area contributed by atoms with Crippen LogP contribution in [-0.2, 0) is 11.4 Å². The first-order valence-electron chi connectivity index (χ1n) is 7.58. The molecular formula is C17H12BrCl2N3O3S. The van der Waals surface area contributed by atoms with Crippen LogP contribution >= 0.6 is 50.9 Å². The number of hydrogen-bond acceptors (Lipinski definition) is 6. The van der Waals surface area contributed by atoms with Gasteiger partial charge in [-0.15, -0.1) is 10.2 Å². The molecule has 6 nitrogen and oxygen atoms in total. The number of ether oxygens (including phenoxy) is 1. The molecule has 1 aromatic heterocycles. The molecule has 0 saturated carbocycles. The fourth-order valence-electron chi connectivity index (χ4n) is 1.95. The molecule has 0 aliphatic carbocycles. The Kier molecular flexibility index (Phi) is 7.01. The number of nitrogens with zero attached hydrogens (tertiary/aromatic N) is 2. The number of thioether (sulfide) groups is 1. The maximum absolute atomic E-state index is 12.0. The van der Waals surface area contributed by atoms with Crippen molar-refractivity contribution in [2.75, 3.05) is 11.1 Å². The Morgan fingerprint density at radius 1 is 1.19 bits per heavy atom. The molecule has 0 spiro atoms. The standard InChI is InChI=1S/C17H12BrCl2N3O3S/c18-11-7-10(5-6-12(11)19)21-15(24)9-27-17-23-22-16(26-17)8-25-14-4-2-1-3-13(14)20/h1-7H,8-9H2,(H,21,24). The fourth-order valence-corrected chi connectivity index (χ4v) is 3.22. The van der Waals surface area contributed by atoms with Crippen LogP contribution in [0, 0.1) is 0 Å². The Balaban J connectivity index is 1.48. The number of para-hydroxylation sites is 1. The highest BCUT2D eigenvalue weighted by Gasteiger charge is 2.11. The average molecular weight is 489 g/mol. The molecule has 0 unspecified atom stereocenters. The lowest BCUT2D eigenvalue weighted by Crippen LogP contribution is -2.13. The van der Waals surface area contributed by atoms with Crippen molar-refractivity contribution in [3.63, 3.8) is 0 Å². The number of anilines is 1. The van der Waals surface area contributed by atoms with Gasteiger partial charge in [0.25, 0.3) is 11.1 Å². The van der Waals surface area contributed by atoms with Crippen molar-refractivity contribution >= 4 is 62.5 Å². The number of rotatable bonds is 7. The van der Waals surface area contributed by atoms with Gasteiger partial charge in [0.15, 0.2) is 6.61 Å². The molecule has 1 heterocycles. The summed E-state index contributed by atoms with van der Waals surface area (Å²) in [4.78, 5) is 12.0. The third-order valence-corrected chi connectivity index (χ3v) is 5.51. The van der Waals surface area contributed by atoms with Gasteiger partial charge in [-0.25, -0.2) is 0 Å². The highest BCUT2D eigenvalue weighted by Crippen LogP contribution is 2.26. The summed E-state index contributed by atoms with van der Waals surface area (Å²) in [6.45, 7) is 0.0856. The molecule has 3 aromatic rings. The Morgan fingerprint density at radius 3 is 2.78 bits per heavy atom. The molecule has 140 valence electrons. The minimum absolute atomic E-state index is 0.0856. The van der Waals surface area contributed by atoms with Gasteiger partial charge in [0.2, 0.25) is 5.91 Å². The molecule has 10 heteroatoms. The van der Waals surface area contributed by atoms with Crippen molar-refractivity contribution in [1.82, 2.24) is 10.2 Å². The Morgan fingerprint density at radius 2 is 2.00 bits per heavy atom. The van der Waals surface area contributed by atoms with E-state index < -0.39 is 0 Å². The third kappa shape index (κ3) is 5.87. The zero-order chi connectivity index (χ0) is 19.2. The van der Waals surface area contributed by atoms with Crippen LogP contribution in [0.1, 0.15) is 5.89 Å². The normalized spacial score (nSPS) is 10.6. The largest absolute Gasteiger partial charge is 0.482 e. The number of hydrogen-bond donors (Lipinski definition) is 1. The average Bonchev–Trinajstić information content (AvgIpc) is 3.10. The van der Waals surface area contributed by atoms with Gasteiger partial charge in [-0.3, -0.25) is 4.79 Å². The van der Waals surface area contributed by atoms with Crippen molar-refractivity contribution in [3.8, 4) is 5.75 Å². The molecule has 2 aromatic carbocycles. The van der Waals surface area contributed by atoms with Gasteiger partial charge < -0.3 is 14.5 Å². The second-order valence-electron chi connectivity index (χ2n) is 5.15. The van der Waals surface area contributed by atoms with E-state index in [1.807, 2.05) is 12.1 Å². The van der Waals surface area contributed by atoms with E-state index in [9.17, 15) is 4.79 Å². The molecule has 0 aliphatic rings. The highest BCUT2D eigenvalue weighted by atomic mass is 79.9. The van der Waals surface area contributed by atoms with E-state index in [0.717, 1.165) is 11.8 Å². The molecule has 3 rings (SSSR count). The van der Waals surface area contributed by atoms with Crippen LogP contribution in [0.2, 0.25) is 10.0 Å². The molecule has 0 atom stereocenters. The van der Waals surface area contributed by atoms with Gasteiger partial charge in [-0.05, 0) is 46.3 Å². The van der Waals surface area contributed by atoms with Crippen LogP contribution in [0.5, 0.6) is 5.75 Å². The second kappa shape index (κ2) is 9.45. The maximum Gasteiger partial charge on any atom is 0.277 e. The number of amides is 1. The highest BCUT2D eigenvalue weighted by molar-refractivity contribution is 9.10. The number of benzene rings is 2. The molecular weight excluding hydrogens is 477 g/mol. The van der Waals surface area contributed by atoms with E-state index in [1.165, 1.54) is 0 Å². The second-order valence-corrected chi connectivity index (χ2v) is 7.74. The molecule has 1 N–H and O–H groups in total. The Hall–Kier alpha value is -1.74. The first-order chi connectivity index (χ1) is 13.0. The molecule has 0 radical (unpaired) electrons. The van der Waals surface area contributed by atoms with Crippen molar-refractivity contribution < 1.29 is 13.9 Å². The minimum Gasteiger partial charge on any atom is -0.482 e. The van der Waals surface area contributed by atoms with Crippen LogP contribution in [0.15, 0.2) is 56.6 Å². The lowest BCUT2D eigenvalue weighted by Gasteiger charge is -2.05. The van der Waals surface area contributed by atoms with Gasteiger partial charge in [0, 0.05) is 10.2 Å². The summed E-state index contributed by atoms with van der Waals surface area (Å²) in [7, 11) is 0.